The summed E-state index contributed by atoms with van der Waals surface area (Å²) in [4.78, 5) is 8.16. The van der Waals surface area contributed by atoms with Crippen molar-refractivity contribution in [2.24, 2.45) is 0 Å². The van der Waals surface area contributed by atoms with E-state index in [9.17, 15) is 5.11 Å². The van der Waals surface area contributed by atoms with Gasteiger partial charge < -0.3 is 10.8 Å². The number of anilines is 1. The number of hydrogen-bond acceptors (Lipinski definition) is 4. The smallest absolute Gasteiger partial charge is 0.129 e. The van der Waals surface area contributed by atoms with Crippen LogP contribution in [0.4, 0.5) is 5.82 Å². The lowest BCUT2D eigenvalue weighted by atomic mass is 10.0. The number of halogens is 1. The average molecular weight is 264 g/mol. The monoisotopic (exact) mass is 263 g/mol. The summed E-state index contributed by atoms with van der Waals surface area (Å²) in [5.41, 5.74) is 7.81. The van der Waals surface area contributed by atoms with E-state index in [0.29, 0.717) is 16.3 Å². The molecule has 0 radical (unpaired) electrons. The van der Waals surface area contributed by atoms with Gasteiger partial charge in [-0.15, -0.1) is 0 Å². The quantitative estimate of drug-likeness (QED) is 0.892. The second-order valence-corrected chi connectivity index (χ2v) is 4.37. The molecule has 0 bridgehead atoms. The molecule has 2 rings (SSSR count). The van der Waals surface area contributed by atoms with Crippen LogP contribution in [0.15, 0.2) is 30.6 Å². The topological polar surface area (TPSA) is 72.0 Å². The summed E-state index contributed by atoms with van der Waals surface area (Å²) >= 11 is 5.87. The van der Waals surface area contributed by atoms with Gasteiger partial charge in [0.1, 0.15) is 11.9 Å². The van der Waals surface area contributed by atoms with E-state index in [1.165, 1.54) is 6.20 Å². The first kappa shape index (κ1) is 12.8. The molecule has 1 atom stereocenters. The van der Waals surface area contributed by atoms with Gasteiger partial charge in [-0.05, 0) is 24.1 Å². The fraction of sp³-hybridized carbons (Fsp3) is 0.231. The van der Waals surface area contributed by atoms with Crippen LogP contribution >= 0.6 is 11.6 Å². The van der Waals surface area contributed by atoms with Crippen molar-refractivity contribution in [3.05, 3.63) is 52.4 Å². The number of nitrogens with zero attached hydrogens (tertiary/aromatic N) is 2. The van der Waals surface area contributed by atoms with Crippen molar-refractivity contribution < 1.29 is 5.11 Å². The standard InChI is InChI=1S/C13H14ClN3O/c1-2-8-4-3-5-16-11(8)12(18)10-6-9(14)7-17-13(10)15/h3-7,12,18H,2H2,1H3,(H2,15,17). The van der Waals surface area contributed by atoms with Crippen molar-refractivity contribution in [1.82, 2.24) is 9.97 Å². The summed E-state index contributed by atoms with van der Waals surface area (Å²) in [5, 5.41) is 10.8. The van der Waals surface area contributed by atoms with Crippen molar-refractivity contribution >= 4 is 17.4 Å². The minimum Gasteiger partial charge on any atom is -0.383 e. The Morgan fingerprint density at radius 3 is 2.94 bits per heavy atom. The third-order valence-corrected chi connectivity index (χ3v) is 2.98. The zero-order valence-corrected chi connectivity index (χ0v) is 10.7. The maximum Gasteiger partial charge on any atom is 0.129 e. The lowest BCUT2D eigenvalue weighted by Crippen LogP contribution is -2.09. The highest BCUT2D eigenvalue weighted by atomic mass is 35.5. The highest BCUT2D eigenvalue weighted by Crippen LogP contribution is 2.28. The van der Waals surface area contributed by atoms with Crippen LogP contribution in [0.5, 0.6) is 0 Å². The molecule has 2 aromatic rings. The molecule has 0 amide bonds. The van der Waals surface area contributed by atoms with Crippen LogP contribution in [-0.2, 0) is 6.42 Å². The summed E-state index contributed by atoms with van der Waals surface area (Å²) in [7, 11) is 0. The van der Waals surface area contributed by atoms with Crippen LogP contribution in [-0.4, -0.2) is 15.1 Å². The number of hydrogen-bond donors (Lipinski definition) is 2. The zero-order valence-electron chi connectivity index (χ0n) is 9.97. The first-order valence-electron chi connectivity index (χ1n) is 5.66. The van der Waals surface area contributed by atoms with Gasteiger partial charge in [0, 0.05) is 18.0 Å². The van der Waals surface area contributed by atoms with Gasteiger partial charge in [0.05, 0.1) is 10.7 Å². The van der Waals surface area contributed by atoms with Gasteiger partial charge in [0.15, 0.2) is 0 Å². The number of aliphatic hydroxyl groups excluding tert-OH is 1. The number of nitrogen functional groups attached to an aromatic ring is 1. The van der Waals surface area contributed by atoms with Crippen molar-refractivity contribution in [2.45, 2.75) is 19.4 Å². The van der Waals surface area contributed by atoms with Gasteiger partial charge in [-0.3, -0.25) is 4.98 Å². The molecule has 0 saturated heterocycles. The third-order valence-electron chi connectivity index (χ3n) is 2.78. The summed E-state index contributed by atoms with van der Waals surface area (Å²) in [5.74, 6) is 0.264. The molecule has 0 aromatic carbocycles. The molecule has 0 aliphatic carbocycles. The Hall–Kier alpha value is -1.65. The van der Waals surface area contributed by atoms with Gasteiger partial charge in [-0.2, -0.15) is 0 Å². The van der Waals surface area contributed by atoms with Crippen molar-refractivity contribution in [3.63, 3.8) is 0 Å². The van der Waals surface area contributed by atoms with Gasteiger partial charge >= 0.3 is 0 Å². The minimum absolute atomic E-state index is 0.264. The Labute approximate surface area is 110 Å². The predicted octanol–water partition coefficient (Wildman–Crippen LogP) is 2.36. The Bertz CT molecular complexity index is 560. The van der Waals surface area contributed by atoms with Gasteiger partial charge in [-0.1, -0.05) is 24.6 Å². The van der Waals surface area contributed by atoms with Gasteiger partial charge in [0.2, 0.25) is 0 Å². The summed E-state index contributed by atoms with van der Waals surface area (Å²) in [6, 6.07) is 5.39. The van der Waals surface area contributed by atoms with Gasteiger partial charge in [-0.25, -0.2) is 4.98 Å². The molecular formula is C13H14ClN3O. The lowest BCUT2D eigenvalue weighted by molar-refractivity contribution is 0.214. The number of pyridine rings is 2. The second-order valence-electron chi connectivity index (χ2n) is 3.93. The van der Waals surface area contributed by atoms with E-state index in [1.807, 2.05) is 19.1 Å². The Morgan fingerprint density at radius 2 is 2.22 bits per heavy atom. The number of rotatable bonds is 3. The first-order chi connectivity index (χ1) is 8.63. The maximum atomic E-state index is 10.4. The average Bonchev–Trinajstić information content (AvgIpc) is 2.40. The Balaban J connectivity index is 2.47. The molecule has 0 fully saturated rings. The fourth-order valence-electron chi connectivity index (χ4n) is 1.83. The number of aryl methyl sites for hydroxylation is 1. The van der Waals surface area contributed by atoms with E-state index in [0.717, 1.165) is 12.0 Å². The fourth-order valence-corrected chi connectivity index (χ4v) is 1.99. The Kier molecular flexibility index (Phi) is 3.79. The highest BCUT2D eigenvalue weighted by Gasteiger charge is 2.18. The van der Waals surface area contributed by atoms with Crippen LogP contribution < -0.4 is 5.73 Å². The van der Waals surface area contributed by atoms with Crippen LogP contribution in [0.25, 0.3) is 0 Å². The molecule has 3 N–H and O–H groups in total. The largest absolute Gasteiger partial charge is 0.383 e. The minimum atomic E-state index is -0.910. The molecule has 0 aliphatic rings. The molecule has 0 saturated carbocycles. The van der Waals surface area contributed by atoms with E-state index >= 15 is 0 Å². The van der Waals surface area contributed by atoms with Crippen LogP contribution in [0.2, 0.25) is 5.02 Å². The molecule has 18 heavy (non-hydrogen) atoms. The van der Waals surface area contributed by atoms with Crippen molar-refractivity contribution in [2.75, 3.05) is 5.73 Å². The molecule has 4 nitrogen and oxygen atoms in total. The molecule has 0 spiro atoms. The molecule has 2 aromatic heterocycles. The molecule has 0 aliphatic heterocycles. The maximum absolute atomic E-state index is 10.4. The molecule has 2 heterocycles. The third kappa shape index (κ3) is 2.44. The molecule has 94 valence electrons. The van der Waals surface area contributed by atoms with E-state index in [-0.39, 0.29) is 5.82 Å². The molecule has 1 unspecified atom stereocenters. The zero-order chi connectivity index (χ0) is 13.1. The molecule has 5 heteroatoms. The number of aromatic nitrogens is 2. The summed E-state index contributed by atoms with van der Waals surface area (Å²) in [6.07, 6.45) is 2.97. The Morgan fingerprint density at radius 1 is 1.44 bits per heavy atom. The lowest BCUT2D eigenvalue weighted by Gasteiger charge is -2.15. The summed E-state index contributed by atoms with van der Waals surface area (Å²) < 4.78 is 0. The predicted molar refractivity (Wildman–Crippen MR) is 71.3 cm³/mol. The van der Waals surface area contributed by atoms with Crippen LogP contribution in [0.1, 0.15) is 29.8 Å². The van der Waals surface area contributed by atoms with Crippen LogP contribution in [0.3, 0.4) is 0 Å². The second kappa shape index (κ2) is 5.33. The summed E-state index contributed by atoms with van der Waals surface area (Å²) in [6.45, 7) is 2.01. The van der Waals surface area contributed by atoms with Crippen LogP contribution in [0, 0.1) is 0 Å². The van der Waals surface area contributed by atoms with E-state index in [2.05, 4.69) is 9.97 Å². The normalized spacial score (nSPS) is 12.4. The van der Waals surface area contributed by atoms with Crippen molar-refractivity contribution in [3.8, 4) is 0 Å². The van der Waals surface area contributed by atoms with E-state index in [4.69, 9.17) is 17.3 Å². The number of aliphatic hydroxyl groups is 1. The highest BCUT2D eigenvalue weighted by molar-refractivity contribution is 6.30. The van der Waals surface area contributed by atoms with Crippen molar-refractivity contribution in [1.29, 1.82) is 0 Å². The SMILES string of the molecule is CCc1cccnc1C(O)c1cc(Cl)cnc1N. The van der Waals surface area contributed by atoms with Gasteiger partial charge in [0.25, 0.3) is 0 Å². The molecular weight excluding hydrogens is 250 g/mol. The van der Waals surface area contributed by atoms with E-state index in [1.54, 1.807) is 12.3 Å². The first-order valence-corrected chi connectivity index (χ1v) is 6.04. The van der Waals surface area contributed by atoms with E-state index < -0.39 is 6.10 Å². The number of nitrogens with two attached hydrogens (primary N) is 1.